The van der Waals surface area contributed by atoms with Gasteiger partial charge in [-0.25, -0.2) is 4.98 Å². The Bertz CT molecular complexity index is 704. The Labute approximate surface area is 105 Å². The summed E-state index contributed by atoms with van der Waals surface area (Å²) in [6, 6.07) is 14.1. The molecule has 1 heterocycles. The number of hydrogen-bond donors (Lipinski definition) is 0. The van der Waals surface area contributed by atoms with Gasteiger partial charge in [-0.2, -0.15) is 0 Å². The normalized spacial score (nSPS) is 11.2. The lowest BCUT2D eigenvalue weighted by Gasteiger charge is -2.07. The molecule has 0 saturated heterocycles. The van der Waals surface area contributed by atoms with E-state index in [1.54, 1.807) is 0 Å². The first-order valence-electron chi connectivity index (χ1n) is 5.56. The molecule has 0 amide bonds. The Morgan fingerprint density at radius 2 is 1.88 bits per heavy atom. The molecule has 0 spiro atoms. The van der Waals surface area contributed by atoms with E-state index in [4.69, 9.17) is 11.6 Å². The van der Waals surface area contributed by atoms with E-state index < -0.39 is 0 Å². The van der Waals surface area contributed by atoms with Crippen molar-refractivity contribution in [1.29, 1.82) is 0 Å². The van der Waals surface area contributed by atoms with Gasteiger partial charge in [-0.15, -0.1) is 0 Å². The molecule has 2 aromatic carbocycles. The van der Waals surface area contributed by atoms with Crippen molar-refractivity contribution < 1.29 is 0 Å². The van der Waals surface area contributed by atoms with Gasteiger partial charge in [-0.1, -0.05) is 29.8 Å². The highest BCUT2D eigenvalue weighted by Crippen LogP contribution is 2.28. The summed E-state index contributed by atoms with van der Waals surface area (Å²) >= 11 is 6.19. The fourth-order valence-electron chi connectivity index (χ4n) is 2.14. The fraction of sp³-hybridized carbons (Fsp3) is 0.0667. The van der Waals surface area contributed by atoms with Crippen molar-refractivity contribution in [3.05, 3.63) is 60.0 Å². The van der Waals surface area contributed by atoms with E-state index in [1.165, 1.54) is 0 Å². The first-order valence-corrected chi connectivity index (χ1v) is 5.93. The van der Waals surface area contributed by atoms with Gasteiger partial charge in [0.2, 0.25) is 0 Å². The van der Waals surface area contributed by atoms with Crippen LogP contribution in [0.1, 0.15) is 5.56 Å². The van der Waals surface area contributed by atoms with Crippen LogP contribution in [-0.2, 0) is 6.42 Å². The first kappa shape index (κ1) is 10.5. The smallest absolute Gasteiger partial charge is 0.0713 e. The molecule has 3 rings (SSSR count). The van der Waals surface area contributed by atoms with Gasteiger partial charge in [0.05, 0.1) is 11.0 Å². The van der Waals surface area contributed by atoms with Crippen molar-refractivity contribution >= 4 is 33.4 Å². The number of benzene rings is 2. The maximum atomic E-state index is 6.19. The minimum atomic E-state index is 0.677. The van der Waals surface area contributed by atoms with E-state index in [1.807, 2.05) is 30.3 Å². The zero-order valence-corrected chi connectivity index (χ0v) is 10.0. The largest absolute Gasteiger partial charge is 0.248 e. The molecule has 0 aliphatic rings. The molecule has 1 aromatic heterocycles. The van der Waals surface area contributed by atoms with E-state index in [9.17, 15) is 0 Å². The lowest BCUT2D eigenvalue weighted by atomic mass is 10.0. The molecule has 1 radical (unpaired) electrons. The molecular weight excluding hydrogens is 230 g/mol. The Balaban J connectivity index is 2.47. The van der Waals surface area contributed by atoms with Gasteiger partial charge in [0, 0.05) is 15.8 Å². The van der Waals surface area contributed by atoms with Crippen molar-refractivity contribution in [2.24, 2.45) is 0 Å². The number of pyridine rings is 1. The van der Waals surface area contributed by atoms with Crippen LogP contribution in [0.4, 0.5) is 0 Å². The van der Waals surface area contributed by atoms with Crippen LogP contribution in [0.25, 0.3) is 21.8 Å². The maximum Gasteiger partial charge on any atom is 0.0713 e. The second-order valence-electron chi connectivity index (χ2n) is 4.02. The predicted octanol–water partition coefficient (Wildman–Crippen LogP) is 4.42. The number of aromatic nitrogens is 1. The van der Waals surface area contributed by atoms with Crippen molar-refractivity contribution in [2.75, 3.05) is 0 Å². The minimum Gasteiger partial charge on any atom is -0.248 e. The molecule has 1 nitrogen and oxygen atoms in total. The van der Waals surface area contributed by atoms with E-state index in [2.05, 4.69) is 24.0 Å². The van der Waals surface area contributed by atoms with Crippen LogP contribution in [0.2, 0.25) is 5.02 Å². The van der Waals surface area contributed by atoms with Gasteiger partial charge >= 0.3 is 0 Å². The number of hydrogen-bond acceptors (Lipinski definition) is 1. The highest BCUT2D eigenvalue weighted by molar-refractivity contribution is 6.32. The monoisotopic (exact) mass is 240 g/mol. The summed E-state index contributed by atoms with van der Waals surface area (Å²) in [7, 11) is 0. The van der Waals surface area contributed by atoms with E-state index in [0.29, 0.717) is 6.42 Å². The number of nitrogens with zero attached hydrogens (tertiary/aromatic N) is 1. The van der Waals surface area contributed by atoms with Crippen molar-refractivity contribution in [2.45, 2.75) is 6.42 Å². The second-order valence-corrected chi connectivity index (χ2v) is 4.43. The van der Waals surface area contributed by atoms with Gasteiger partial charge in [0.1, 0.15) is 0 Å². The summed E-state index contributed by atoms with van der Waals surface area (Å²) in [5.41, 5.74) is 3.06. The van der Waals surface area contributed by atoms with Gasteiger partial charge in [-0.05, 0) is 43.2 Å². The molecule has 0 atom stereocenters. The Kier molecular flexibility index (Phi) is 2.49. The van der Waals surface area contributed by atoms with Crippen LogP contribution in [0.15, 0.2) is 42.5 Å². The fourth-order valence-corrected chi connectivity index (χ4v) is 2.39. The third-order valence-corrected chi connectivity index (χ3v) is 3.36. The molecule has 2 heteroatoms. The Morgan fingerprint density at radius 3 is 2.71 bits per heavy atom. The van der Waals surface area contributed by atoms with E-state index >= 15 is 0 Å². The molecule has 0 fully saturated rings. The van der Waals surface area contributed by atoms with Crippen LogP contribution in [0.5, 0.6) is 0 Å². The SMILES string of the molecule is [CH2]Cc1c(Cl)ccc2nc3ccccc3cc12. The van der Waals surface area contributed by atoms with Crippen LogP contribution < -0.4 is 0 Å². The van der Waals surface area contributed by atoms with Crippen molar-refractivity contribution in [3.63, 3.8) is 0 Å². The predicted molar refractivity (Wildman–Crippen MR) is 73.3 cm³/mol. The van der Waals surface area contributed by atoms with Crippen molar-refractivity contribution in [1.82, 2.24) is 4.98 Å². The topological polar surface area (TPSA) is 12.9 Å². The molecule has 17 heavy (non-hydrogen) atoms. The average molecular weight is 241 g/mol. The molecule has 0 N–H and O–H groups in total. The average Bonchev–Trinajstić information content (AvgIpc) is 2.36. The lowest BCUT2D eigenvalue weighted by Crippen LogP contribution is -1.89. The Hall–Kier alpha value is -1.60. The second kappa shape index (κ2) is 4.01. The number of rotatable bonds is 1. The highest BCUT2D eigenvalue weighted by atomic mass is 35.5. The molecule has 83 valence electrons. The summed E-state index contributed by atoms with van der Waals surface area (Å²) in [6.45, 7) is 3.93. The lowest BCUT2D eigenvalue weighted by molar-refractivity contribution is 1.30. The van der Waals surface area contributed by atoms with Crippen LogP contribution >= 0.6 is 11.6 Å². The van der Waals surface area contributed by atoms with Crippen molar-refractivity contribution in [3.8, 4) is 0 Å². The first-order chi connectivity index (χ1) is 8.29. The van der Waals surface area contributed by atoms with Gasteiger partial charge in [0.25, 0.3) is 0 Å². The molecule has 0 aliphatic carbocycles. The number of para-hydroxylation sites is 1. The number of fused-ring (bicyclic) bond motifs is 2. The molecule has 0 unspecified atom stereocenters. The number of halogens is 1. The third kappa shape index (κ3) is 1.67. The van der Waals surface area contributed by atoms with E-state index in [0.717, 1.165) is 32.4 Å². The summed E-state index contributed by atoms with van der Waals surface area (Å²) in [5.74, 6) is 0. The summed E-state index contributed by atoms with van der Waals surface area (Å²) in [5, 5.41) is 3.01. The summed E-state index contributed by atoms with van der Waals surface area (Å²) < 4.78 is 0. The molecule has 0 aliphatic heterocycles. The summed E-state index contributed by atoms with van der Waals surface area (Å²) in [6.07, 6.45) is 0.677. The zero-order valence-electron chi connectivity index (χ0n) is 9.28. The van der Waals surface area contributed by atoms with Gasteiger partial charge < -0.3 is 0 Å². The summed E-state index contributed by atoms with van der Waals surface area (Å²) in [4.78, 5) is 4.64. The van der Waals surface area contributed by atoms with Gasteiger partial charge in [0.15, 0.2) is 0 Å². The molecule has 0 saturated carbocycles. The molecule has 3 aromatic rings. The molecular formula is C15H11ClN. The zero-order chi connectivity index (χ0) is 11.8. The highest BCUT2D eigenvalue weighted by Gasteiger charge is 2.06. The quantitative estimate of drug-likeness (QED) is 0.574. The van der Waals surface area contributed by atoms with Crippen LogP contribution in [-0.4, -0.2) is 4.98 Å². The minimum absolute atomic E-state index is 0.677. The maximum absolute atomic E-state index is 6.19. The van der Waals surface area contributed by atoms with Crippen LogP contribution in [0.3, 0.4) is 0 Å². The molecule has 0 bridgehead atoms. The van der Waals surface area contributed by atoms with E-state index in [-0.39, 0.29) is 0 Å². The van der Waals surface area contributed by atoms with Crippen LogP contribution in [0, 0.1) is 6.92 Å². The third-order valence-electron chi connectivity index (χ3n) is 3.00. The Morgan fingerprint density at radius 1 is 1.06 bits per heavy atom. The van der Waals surface area contributed by atoms with Gasteiger partial charge in [-0.3, -0.25) is 0 Å². The standard InChI is InChI=1S/C15H11ClN/c1-2-11-12-9-10-5-3-4-6-14(10)17-15(12)8-7-13(11)16/h3-9H,1-2H2.